The van der Waals surface area contributed by atoms with Gasteiger partial charge in [-0.2, -0.15) is 0 Å². The lowest BCUT2D eigenvalue weighted by molar-refractivity contribution is 0.0948. The van der Waals surface area contributed by atoms with Crippen LogP contribution in [0.1, 0.15) is 16.8 Å². The Morgan fingerprint density at radius 1 is 1.39 bits per heavy atom. The van der Waals surface area contributed by atoms with Crippen LogP contribution in [0.4, 0.5) is 4.39 Å². The second kappa shape index (κ2) is 5.90. The Kier molecular flexibility index (Phi) is 4.01. The predicted molar refractivity (Wildman–Crippen MR) is 63.4 cm³/mol. The molecule has 0 atom stereocenters. The van der Waals surface area contributed by atoms with Crippen LogP contribution in [0.5, 0.6) is 0 Å². The maximum Gasteiger partial charge on any atom is 0.254 e. The number of carbonyl (C=O) groups excluding carboxylic acids is 1. The zero-order valence-corrected chi connectivity index (χ0v) is 9.71. The Labute approximate surface area is 104 Å². The van der Waals surface area contributed by atoms with Crippen LogP contribution in [-0.4, -0.2) is 27.4 Å². The van der Waals surface area contributed by atoms with E-state index in [1.54, 1.807) is 29.2 Å². The first kappa shape index (κ1) is 12.2. The summed E-state index contributed by atoms with van der Waals surface area (Å²) in [7, 11) is 0. The first-order valence-corrected chi connectivity index (χ1v) is 5.64. The maximum atomic E-state index is 13.3. The van der Waals surface area contributed by atoms with Crippen molar-refractivity contribution >= 4 is 5.91 Å². The highest BCUT2D eigenvalue weighted by molar-refractivity contribution is 5.94. The summed E-state index contributed by atoms with van der Waals surface area (Å²) in [5.41, 5.74) is 0.0678. The smallest absolute Gasteiger partial charge is 0.254 e. The molecule has 1 amide bonds. The SMILES string of the molecule is O=C(NCCCn1ccnn1)c1ccccc1F. The number of carbonyl (C=O) groups is 1. The van der Waals surface area contributed by atoms with Gasteiger partial charge in [-0.3, -0.25) is 9.48 Å². The molecule has 2 aromatic rings. The Hall–Kier alpha value is -2.24. The lowest BCUT2D eigenvalue weighted by Crippen LogP contribution is -2.26. The number of hydrogen-bond donors (Lipinski definition) is 1. The molecule has 0 aliphatic rings. The molecule has 0 aliphatic carbocycles. The third-order valence-electron chi connectivity index (χ3n) is 2.44. The number of nitrogens with one attached hydrogen (secondary N) is 1. The molecular weight excluding hydrogens is 235 g/mol. The van der Waals surface area contributed by atoms with E-state index in [0.29, 0.717) is 19.5 Å². The lowest BCUT2D eigenvalue weighted by Gasteiger charge is -2.05. The Morgan fingerprint density at radius 3 is 2.94 bits per heavy atom. The summed E-state index contributed by atoms with van der Waals surface area (Å²) in [6.45, 7) is 1.13. The third kappa shape index (κ3) is 3.13. The van der Waals surface area contributed by atoms with E-state index in [1.165, 1.54) is 12.1 Å². The normalized spacial score (nSPS) is 10.3. The highest BCUT2D eigenvalue weighted by Crippen LogP contribution is 2.05. The maximum absolute atomic E-state index is 13.3. The second-order valence-corrected chi connectivity index (χ2v) is 3.76. The largest absolute Gasteiger partial charge is 0.352 e. The predicted octanol–water partition coefficient (Wildman–Crippen LogP) is 1.24. The van der Waals surface area contributed by atoms with Crippen molar-refractivity contribution in [3.63, 3.8) is 0 Å². The zero-order valence-electron chi connectivity index (χ0n) is 9.71. The van der Waals surface area contributed by atoms with Gasteiger partial charge >= 0.3 is 0 Å². The number of benzene rings is 1. The molecule has 1 heterocycles. The molecule has 1 aromatic heterocycles. The van der Waals surface area contributed by atoms with Gasteiger partial charge in [0, 0.05) is 19.3 Å². The molecule has 0 spiro atoms. The number of nitrogens with zero attached hydrogens (tertiary/aromatic N) is 3. The van der Waals surface area contributed by atoms with Crippen molar-refractivity contribution in [3.8, 4) is 0 Å². The van der Waals surface area contributed by atoms with E-state index in [1.807, 2.05) is 0 Å². The molecule has 0 fully saturated rings. The fourth-order valence-electron chi connectivity index (χ4n) is 1.54. The zero-order chi connectivity index (χ0) is 12.8. The van der Waals surface area contributed by atoms with Crippen molar-refractivity contribution in [1.82, 2.24) is 20.3 Å². The number of halogens is 1. The van der Waals surface area contributed by atoms with Gasteiger partial charge in [-0.25, -0.2) is 4.39 Å². The Morgan fingerprint density at radius 2 is 2.22 bits per heavy atom. The fraction of sp³-hybridized carbons (Fsp3) is 0.250. The summed E-state index contributed by atoms with van der Waals surface area (Å²) in [6, 6.07) is 5.91. The van der Waals surface area contributed by atoms with Gasteiger partial charge < -0.3 is 5.32 Å². The topological polar surface area (TPSA) is 59.8 Å². The van der Waals surface area contributed by atoms with Gasteiger partial charge in [-0.1, -0.05) is 17.3 Å². The van der Waals surface area contributed by atoms with E-state index in [-0.39, 0.29) is 5.56 Å². The van der Waals surface area contributed by atoms with Crippen molar-refractivity contribution < 1.29 is 9.18 Å². The molecule has 94 valence electrons. The highest BCUT2D eigenvalue weighted by atomic mass is 19.1. The van der Waals surface area contributed by atoms with Crippen LogP contribution < -0.4 is 5.32 Å². The molecule has 1 N–H and O–H groups in total. The number of rotatable bonds is 5. The quantitative estimate of drug-likeness (QED) is 0.810. The molecule has 6 heteroatoms. The number of hydrogen-bond acceptors (Lipinski definition) is 3. The van der Waals surface area contributed by atoms with E-state index in [0.717, 1.165) is 0 Å². The average Bonchev–Trinajstić information content (AvgIpc) is 2.88. The molecule has 18 heavy (non-hydrogen) atoms. The van der Waals surface area contributed by atoms with Crippen LogP contribution in [0.25, 0.3) is 0 Å². The van der Waals surface area contributed by atoms with Gasteiger partial charge in [-0.15, -0.1) is 5.10 Å². The molecule has 0 unspecified atom stereocenters. The van der Waals surface area contributed by atoms with Crippen LogP contribution in [0.3, 0.4) is 0 Å². The molecule has 2 rings (SSSR count). The van der Waals surface area contributed by atoms with Crippen LogP contribution in [0, 0.1) is 5.82 Å². The fourth-order valence-corrected chi connectivity index (χ4v) is 1.54. The molecule has 0 aliphatic heterocycles. The summed E-state index contributed by atoms with van der Waals surface area (Å²) in [4.78, 5) is 11.6. The molecule has 0 saturated carbocycles. The van der Waals surface area contributed by atoms with Crippen molar-refractivity contribution in [2.45, 2.75) is 13.0 Å². The number of aromatic nitrogens is 3. The first-order valence-electron chi connectivity index (χ1n) is 5.64. The van der Waals surface area contributed by atoms with Crippen molar-refractivity contribution in [1.29, 1.82) is 0 Å². The van der Waals surface area contributed by atoms with Gasteiger partial charge in [-0.05, 0) is 18.6 Å². The summed E-state index contributed by atoms with van der Waals surface area (Å²) < 4.78 is 15.0. The van der Waals surface area contributed by atoms with Crippen LogP contribution >= 0.6 is 0 Å². The lowest BCUT2D eigenvalue weighted by atomic mass is 10.2. The minimum Gasteiger partial charge on any atom is -0.352 e. The molecule has 5 nitrogen and oxygen atoms in total. The van der Waals surface area contributed by atoms with Gasteiger partial charge in [0.15, 0.2) is 0 Å². The third-order valence-corrected chi connectivity index (χ3v) is 2.44. The molecule has 0 bridgehead atoms. The summed E-state index contributed by atoms with van der Waals surface area (Å²) in [5.74, 6) is -0.905. The van der Waals surface area contributed by atoms with Gasteiger partial charge in [0.05, 0.1) is 11.8 Å². The van der Waals surface area contributed by atoms with Gasteiger partial charge in [0.25, 0.3) is 5.91 Å². The molecular formula is C12H13FN4O. The Balaban J connectivity index is 1.77. The molecule has 1 aromatic carbocycles. The summed E-state index contributed by atoms with van der Waals surface area (Å²) >= 11 is 0. The average molecular weight is 248 g/mol. The number of amides is 1. The first-order chi connectivity index (χ1) is 8.77. The van der Waals surface area contributed by atoms with Crippen molar-refractivity contribution in [2.24, 2.45) is 0 Å². The van der Waals surface area contributed by atoms with Crippen LogP contribution in [0.2, 0.25) is 0 Å². The van der Waals surface area contributed by atoms with E-state index < -0.39 is 11.7 Å². The number of aryl methyl sites for hydroxylation is 1. The molecule has 0 saturated heterocycles. The van der Waals surface area contributed by atoms with E-state index in [2.05, 4.69) is 15.6 Å². The van der Waals surface area contributed by atoms with Gasteiger partial charge in [0.1, 0.15) is 5.82 Å². The highest BCUT2D eigenvalue weighted by Gasteiger charge is 2.09. The van der Waals surface area contributed by atoms with Gasteiger partial charge in [0.2, 0.25) is 0 Å². The summed E-state index contributed by atoms with van der Waals surface area (Å²) in [6.07, 6.45) is 4.06. The van der Waals surface area contributed by atoms with Crippen LogP contribution in [-0.2, 0) is 6.54 Å². The monoisotopic (exact) mass is 248 g/mol. The van der Waals surface area contributed by atoms with E-state index >= 15 is 0 Å². The minimum absolute atomic E-state index is 0.0678. The van der Waals surface area contributed by atoms with E-state index in [9.17, 15) is 9.18 Å². The van der Waals surface area contributed by atoms with Crippen molar-refractivity contribution in [3.05, 3.63) is 48.0 Å². The summed E-state index contributed by atoms with van der Waals surface area (Å²) in [5, 5.41) is 10.1. The molecule has 0 radical (unpaired) electrons. The minimum atomic E-state index is -0.508. The van der Waals surface area contributed by atoms with Crippen molar-refractivity contribution in [2.75, 3.05) is 6.54 Å². The Bertz CT molecular complexity index is 513. The second-order valence-electron chi connectivity index (χ2n) is 3.76. The standard InChI is InChI=1S/C12H13FN4O/c13-11-5-2-1-4-10(11)12(18)14-6-3-8-17-9-7-15-16-17/h1-2,4-5,7,9H,3,6,8H2,(H,14,18). The van der Waals surface area contributed by atoms with E-state index in [4.69, 9.17) is 0 Å². The van der Waals surface area contributed by atoms with Crippen LogP contribution in [0.15, 0.2) is 36.7 Å².